The normalized spacial score (nSPS) is 12.8. The fourth-order valence-electron chi connectivity index (χ4n) is 1.62. The minimum atomic E-state index is 0.134. The Kier molecular flexibility index (Phi) is 8.20. The molecule has 0 fully saturated rings. The van der Waals surface area contributed by atoms with Gasteiger partial charge in [-0.05, 0) is 23.9 Å². The molecule has 2 N–H and O–H groups in total. The van der Waals surface area contributed by atoms with Crippen LogP contribution in [0.3, 0.4) is 0 Å². The van der Waals surface area contributed by atoms with Crippen molar-refractivity contribution in [3.63, 3.8) is 0 Å². The van der Waals surface area contributed by atoms with Gasteiger partial charge in [-0.2, -0.15) is 0 Å². The van der Waals surface area contributed by atoms with E-state index in [2.05, 4.69) is 29.0 Å². The third-order valence-electron chi connectivity index (χ3n) is 2.79. The van der Waals surface area contributed by atoms with Crippen LogP contribution < -0.4 is 10.6 Å². The quantitative estimate of drug-likeness (QED) is 0.632. The zero-order valence-corrected chi connectivity index (χ0v) is 12.3. The van der Waals surface area contributed by atoms with Gasteiger partial charge in [0.2, 0.25) is 0 Å². The first-order chi connectivity index (χ1) is 8.77. The van der Waals surface area contributed by atoms with E-state index < -0.39 is 0 Å². The van der Waals surface area contributed by atoms with Crippen molar-refractivity contribution in [1.29, 1.82) is 0 Å². The van der Waals surface area contributed by atoms with Gasteiger partial charge >= 0.3 is 0 Å². The summed E-state index contributed by atoms with van der Waals surface area (Å²) >= 11 is 1.81. The van der Waals surface area contributed by atoms with Gasteiger partial charge in [-0.25, -0.2) is 0 Å². The molecule has 5 heteroatoms. The number of methoxy groups -OCH3 is 2. The molecule has 0 aromatic carbocycles. The highest BCUT2D eigenvalue weighted by atomic mass is 32.1. The lowest BCUT2D eigenvalue weighted by atomic mass is 10.3. The maximum absolute atomic E-state index is 5.27. The molecule has 1 aromatic rings. The monoisotopic (exact) mass is 272 g/mol. The molecule has 0 saturated heterocycles. The van der Waals surface area contributed by atoms with Gasteiger partial charge < -0.3 is 20.1 Å². The van der Waals surface area contributed by atoms with Gasteiger partial charge in [0.15, 0.2) is 0 Å². The van der Waals surface area contributed by atoms with E-state index in [0.29, 0.717) is 6.61 Å². The molecule has 1 atom stereocenters. The summed E-state index contributed by atoms with van der Waals surface area (Å²) in [6.45, 7) is 6.46. The van der Waals surface area contributed by atoms with Gasteiger partial charge in [-0.15, -0.1) is 11.3 Å². The third-order valence-corrected chi connectivity index (χ3v) is 3.81. The summed E-state index contributed by atoms with van der Waals surface area (Å²) in [5.41, 5.74) is 1.38. The van der Waals surface area contributed by atoms with Crippen molar-refractivity contribution in [2.24, 2.45) is 0 Å². The van der Waals surface area contributed by atoms with Crippen LogP contribution in [0.15, 0.2) is 11.4 Å². The van der Waals surface area contributed by atoms with Crippen LogP contribution >= 0.6 is 11.3 Å². The number of ether oxygens (including phenoxy) is 2. The van der Waals surface area contributed by atoms with Gasteiger partial charge in [0.25, 0.3) is 0 Å². The van der Waals surface area contributed by atoms with Crippen LogP contribution in [0.4, 0.5) is 0 Å². The fourth-order valence-corrected chi connectivity index (χ4v) is 2.50. The molecule has 0 saturated carbocycles. The summed E-state index contributed by atoms with van der Waals surface area (Å²) in [6, 6.07) is 2.16. The van der Waals surface area contributed by atoms with Crippen molar-refractivity contribution in [1.82, 2.24) is 10.6 Å². The maximum atomic E-state index is 5.27. The Balaban J connectivity index is 2.00. The second-order valence-corrected chi connectivity index (χ2v) is 5.22. The van der Waals surface area contributed by atoms with Crippen LogP contribution in [0.5, 0.6) is 0 Å². The molecule has 0 spiro atoms. The average Bonchev–Trinajstić information content (AvgIpc) is 2.78. The number of nitrogens with one attached hydrogen (secondary N) is 2. The lowest BCUT2D eigenvalue weighted by Gasteiger charge is -2.15. The van der Waals surface area contributed by atoms with E-state index in [9.17, 15) is 0 Å². The summed E-state index contributed by atoms with van der Waals surface area (Å²) in [4.78, 5) is 1.42. The highest BCUT2D eigenvalue weighted by molar-refractivity contribution is 7.10. The number of hydrogen-bond acceptors (Lipinski definition) is 5. The Labute approximate surface area is 114 Å². The molecule has 18 heavy (non-hydrogen) atoms. The Morgan fingerprint density at radius 3 is 2.67 bits per heavy atom. The number of thiophene rings is 1. The molecule has 0 amide bonds. The second-order valence-electron chi connectivity index (χ2n) is 4.22. The van der Waals surface area contributed by atoms with Crippen molar-refractivity contribution in [2.75, 3.05) is 40.5 Å². The molecule has 1 heterocycles. The number of rotatable bonds is 10. The maximum Gasteiger partial charge on any atom is 0.0928 e. The molecule has 1 aromatic heterocycles. The summed E-state index contributed by atoms with van der Waals surface area (Å²) in [6.07, 6.45) is 0.134. The Bertz CT molecular complexity index is 318. The molecule has 0 radical (unpaired) electrons. The van der Waals surface area contributed by atoms with Gasteiger partial charge in [0.05, 0.1) is 12.7 Å². The highest BCUT2D eigenvalue weighted by Crippen LogP contribution is 2.14. The van der Waals surface area contributed by atoms with Crippen LogP contribution in [-0.4, -0.2) is 46.6 Å². The second kappa shape index (κ2) is 9.47. The summed E-state index contributed by atoms with van der Waals surface area (Å²) in [5, 5.41) is 8.92. The van der Waals surface area contributed by atoms with Gasteiger partial charge in [-0.3, -0.25) is 0 Å². The fraction of sp³-hybridized carbons (Fsp3) is 0.692. The first kappa shape index (κ1) is 15.6. The molecule has 104 valence electrons. The van der Waals surface area contributed by atoms with Crippen molar-refractivity contribution in [3.05, 3.63) is 21.9 Å². The highest BCUT2D eigenvalue weighted by Gasteiger charge is 2.05. The number of hydrogen-bond donors (Lipinski definition) is 2. The molecule has 0 aliphatic rings. The van der Waals surface area contributed by atoms with Crippen molar-refractivity contribution in [3.8, 4) is 0 Å². The molecule has 1 rings (SSSR count). The van der Waals surface area contributed by atoms with Crippen LogP contribution in [0, 0.1) is 6.92 Å². The van der Waals surface area contributed by atoms with E-state index in [1.54, 1.807) is 14.2 Å². The third kappa shape index (κ3) is 5.93. The van der Waals surface area contributed by atoms with Crippen LogP contribution in [0.25, 0.3) is 0 Å². The van der Waals surface area contributed by atoms with Crippen LogP contribution in [-0.2, 0) is 16.0 Å². The van der Waals surface area contributed by atoms with Gasteiger partial charge in [0.1, 0.15) is 0 Å². The van der Waals surface area contributed by atoms with E-state index in [1.165, 1.54) is 10.4 Å². The molecule has 0 bridgehead atoms. The number of aryl methyl sites for hydroxylation is 1. The largest absolute Gasteiger partial charge is 0.382 e. The summed E-state index contributed by atoms with van der Waals surface area (Å²) < 4.78 is 10.3. The van der Waals surface area contributed by atoms with Crippen LogP contribution in [0.2, 0.25) is 0 Å². The molecule has 0 aliphatic carbocycles. The Morgan fingerprint density at radius 2 is 2.06 bits per heavy atom. The topological polar surface area (TPSA) is 42.5 Å². The first-order valence-electron chi connectivity index (χ1n) is 6.24. The zero-order valence-electron chi connectivity index (χ0n) is 11.5. The zero-order chi connectivity index (χ0) is 13.2. The SMILES string of the molecule is COCC(CNCCNCc1sccc1C)OC. The Hall–Kier alpha value is -0.460. The lowest BCUT2D eigenvalue weighted by Crippen LogP contribution is -2.35. The minimum Gasteiger partial charge on any atom is -0.382 e. The molecule has 0 aliphatic heterocycles. The Morgan fingerprint density at radius 1 is 1.28 bits per heavy atom. The van der Waals surface area contributed by atoms with E-state index >= 15 is 0 Å². The van der Waals surface area contributed by atoms with Gasteiger partial charge in [-0.1, -0.05) is 0 Å². The molecule has 4 nitrogen and oxygen atoms in total. The molecular weight excluding hydrogens is 248 g/mol. The first-order valence-corrected chi connectivity index (χ1v) is 7.12. The molecular formula is C13H24N2O2S. The van der Waals surface area contributed by atoms with E-state index in [4.69, 9.17) is 9.47 Å². The lowest BCUT2D eigenvalue weighted by molar-refractivity contribution is 0.0291. The smallest absolute Gasteiger partial charge is 0.0928 e. The van der Waals surface area contributed by atoms with Crippen molar-refractivity contribution >= 4 is 11.3 Å². The van der Waals surface area contributed by atoms with Crippen molar-refractivity contribution < 1.29 is 9.47 Å². The minimum absolute atomic E-state index is 0.134. The van der Waals surface area contributed by atoms with Crippen LogP contribution in [0.1, 0.15) is 10.4 Å². The van der Waals surface area contributed by atoms with E-state index in [0.717, 1.165) is 26.2 Å². The average molecular weight is 272 g/mol. The van der Waals surface area contributed by atoms with Gasteiger partial charge in [0, 0.05) is 45.3 Å². The predicted octanol–water partition coefficient (Wildman–Crippen LogP) is 1.40. The summed E-state index contributed by atoms with van der Waals surface area (Å²) in [7, 11) is 3.40. The molecule has 1 unspecified atom stereocenters. The summed E-state index contributed by atoms with van der Waals surface area (Å²) in [5.74, 6) is 0. The van der Waals surface area contributed by atoms with E-state index in [1.807, 2.05) is 11.3 Å². The van der Waals surface area contributed by atoms with E-state index in [-0.39, 0.29) is 6.10 Å². The van der Waals surface area contributed by atoms with Crippen molar-refractivity contribution in [2.45, 2.75) is 19.6 Å². The standard InChI is InChI=1S/C13H24N2O2S/c1-11-4-7-18-13(11)9-15-6-5-14-8-12(17-3)10-16-2/h4,7,12,14-15H,5-6,8-10H2,1-3H3. The predicted molar refractivity (Wildman–Crippen MR) is 76.3 cm³/mol.